The van der Waals surface area contributed by atoms with Crippen molar-refractivity contribution in [3.63, 3.8) is 0 Å². The number of aliphatic carboxylic acids is 1. The molecule has 1 N–H and O–H groups in total. The van der Waals surface area contributed by atoms with Crippen LogP contribution in [0, 0.1) is 0 Å². The van der Waals surface area contributed by atoms with Gasteiger partial charge in [0.1, 0.15) is 0 Å². The van der Waals surface area contributed by atoms with Crippen LogP contribution in [-0.4, -0.2) is 32.8 Å². The first kappa shape index (κ1) is 25.7. The van der Waals surface area contributed by atoms with E-state index in [0.717, 1.165) is 83.4 Å². The maximum Gasteiger partial charge on any atom is 0.328 e. The zero-order valence-electron chi connectivity index (χ0n) is 21.3. The number of carboxylic acids is 1. The predicted molar refractivity (Wildman–Crippen MR) is 152 cm³/mol. The number of carboxylic acid groups (broad SMARTS) is 1. The fourth-order valence-electron chi connectivity index (χ4n) is 5.67. The number of hydrogen-bond acceptors (Lipinski definition) is 3. The fourth-order valence-corrected chi connectivity index (χ4v) is 5.92. The molecule has 0 radical (unpaired) electrons. The van der Waals surface area contributed by atoms with E-state index < -0.39 is 11.5 Å². The van der Waals surface area contributed by atoms with Gasteiger partial charge in [0.15, 0.2) is 0 Å². The van der Waals surface area contributed by atoms with E-state index in [-0.39, 0.29) is 0 Å². The monoisotopic (exact) mass is 527 g/mol. The van der Waals surface area contributed by atoms with Crippen molar-refractivity contribution in [3.8, 4) is 11.1 Å². The van der Waals surface area contributed by atoms with Crippen molar-refractivity contribution in [2.24, 2.45) is 7.05 Å². The smallest absolute Gasteiger partial charge is 0.328 e. The lowest BCUT2D eigenvalue weighted by atomic mass is 9.76. The maximum atomic E-state index is 12.6. The summed E-state index contributed by atoms with van der Waals surface area (Å²) >= 11 is 6.88. The van der Waals surface area contributed by atoms with E-state index in [4.69, 9.17) is 16.7 Å². The summed E-state index contributed by atoms with van der Waals surface area (Å²) < 4.78 is 1.86. The molecule has 194 valence electrons. The molecule has 1 saturated carbocycles. The number of halogens is 1. The van der Waals surface area contributed by atoms with Gasteiger partial charge in [0.2, 0.25) is 6.41 Å². The Balaban J connectivity index is 1.46. The summed E-state index contributed by atoms with van der Waals surface area (Å²) in [7, 11) is 1.93. The molecular formula is C31H30ClN3O3. The SMILES string of the molecule is Cn1ncc2cc(-c3ccc(CC4(N(C=O)c5cccc(/C=C/C(=O)O)c5)CCCCC4)c(Cl)c3)ccc21. The number of anilines is 1. The number of aromatic nitrogens is 2. The van der Waals surface area contributed by atoms with Gasteiger partial charge in [-0.25, -0.2) is 4.79 Å². The first-order valence-electron chi connectivity index (χ1n) is 12.8. The number of rotatable bonds is 8. The summed E-state index contributed by atoms with van der Waals surface area (Å²) in [5.74, 6) is -1.01. The molecule has 1 aliphatic carbocycles. The van der Waals surface area contributed by atoms with E-state index in [9.17, 15) is 9.59 Å². The van der Waals surface area contributed by atoms with Crippen molar-refractivity contribution in [2.45, 2.75) is 44.1 Å². The van der Waals surface area contributed by atoms with Gasteiger partial charge < -0.3 is 10.0 Å². The molecule has 1 fully saturated rings. The number of fused-ring (bicyclic) bond motifs is 1. The van der Waals surface area contributed by atoms with Crippen molar-refractivity contribution in [2.75, 3.05) is 4.90 Å². The number of carbonyl (C=O) groups is 2. The highest BCUT2D eigenvalue weighted by atomic mass is 35.5. The predicted octanol–water partition coefficient (Wildman–Crippen LogP) is 6.90. The lowest BCUT2D eigenvalue weighted by molar-refractivity contribution is -0.131. The van der Waals surface area contributed by atoms with Gasteiger partial charge in [-0.05, 0) is 77.9 Å². The van der Waals surface area contributed by atoms with E-state index in [2.05, 4.69) is 35.4 Å². The fraction of sp³-hybridized carbons (Fsp3) is 0.258. The molecule has 1 aromatic heterocycles. The van der Waals surface area contributed by atoms with Crippen molar-refractivity contribution in [3.05, 3.63) is 89.1 Å². The Kier molecular flexibility index (Phi) is 7.34. The third kappa shape index (κ3) is 5.22. The molecule has 7 heteroatoms. The highest BCUT2D eigenvalue weighted by Crippen LogP contribution is 2.40. The summed E-state index contributed by atoms with van der Waals surface area (Å²) in [4.78, 5) is 25.4. The van der Waals surface area contributed by atoms with Gasteiger partial charge in [-0.3, -0.25) is 9.48 Å². The van der Waals surface area contributed by atoms with Crippen LogP contribution in [0.1, 0.15) is 43.2 Å². The molecule has 0 bridgehead atoms. The Labute approximate surface area is 227 Å². The number of aryl methyl sites for hydroxylation is 1. The molecule has 4 aromatic rings. The number of carbonyl (C=O) groups excluding carboxylic acids is 1. The van der Waals surface area contributed by atoms with E-state index in [1.165, 1.54) is 0 Å². The maximum absolute atomic E-state index is 12.6. The summed E-state index contributed by atoms with van der Waals surface area (Å²) in [6.45, 7) is 0. The summed E-state index contributed by atoms with van der Waals surface area (Å²) in [5.41, 5.74) is 5.28. The zero-order valence-corrected chi connectivity index (χ0v) is 22.1. The van der Waals surface area contributed by atoms with Crippen LogP contribution in [0.2, 0.25) is 5.02 Å². The quantitative estimate of drug-likeness (QED) is 0.200. The molecule has 1 aliphatic rings. The molecule has 38 heavy (non-hydrogen) atoms. The van der Waals surface area contributed by atoms with E-state index >= 15 is 0 Å². The lowest BCUT2D eigenvalue weighted by Gasteiger charge is -2.45. The van der Waals surface area contributed by atoms with Gasteiger partial charge >= 0.3 is 5.97 Å². The second-order valence-corrected chi connectivity index (χ2v) is 10.5. The van der Waals surface area contributed by atoms with Gasteiger partial charge in [0, 0.05) is 29.2 Å². The largest absolute Gasteiger partial charge is 0.478 e. The highest BCUT2D eigenvalue weighted by Gasteiger charge is 2.39. The first-order chi connectivity index (χ1) is 18.4. The molecule has 0 unspecified atom stereocenters. The number of nitrogens with zero attached hydrogens (tertiary/aromatic N) is 3. The summed E-state index contributed by atoms with van der Waals surface area (Å²) in [6.07, 6.45) is 11.0. The standard InChI is InChI=1S/C31H30ClN3O3/c1-34-29-12-11-23(17-26(29)20-33-34)24-9-10-25(28(32)18-24)19-31(14-3-2-4-15-31)35(21-36)27-7-5-6-22(16-27)8-13-30(37)38/h5-13,16-18,20-21H,2-4,14-15,19H2,1H3,(H,37,38)/b13-8+. The van der Waals surface area contributed by atoms with Crippen molar-refractivity contribution >= 4 is 46.6 Å². The van der Waals surface area contributed by atoms with Gasteiger partial charge in [-0.1, -0.05) is 61.2 Å². The molecule has 0 spiro atoms. The van der Waals surface area contributed by atoms with E-state index in [0.29, 0.717) is 11.4 Å². The zero-order chi connectivity index (χ0) is 26.7. The molecule has 5 rings (SSSR count). The second kappa shape index (κ2) is 10.8. The number of benzene rings is 3. The van der Waals surface area contributed by atoms with Crippen LogP contribution in [0.3, 0.4) is 0 Å². The van der Waals surface area contributed by atoms with E-state index in [1.807, 2.05) is 53.2 Å². The second-order valence-electron chi connectivity index (χ2n) is 10.1. The molecule has 1 amide bonds. The first-order valence-corrected chi connectivity index (χ1v) is 13.2. The highest BCUT2D eigenvalue weighted by molar-refractivity contribution is 6.31. The van der Waals surface area contributed by atoms with Gasteiger partial charge in [0.05, 0.1) is 17.3 Å². The molecule has 3 aromatic carbocycles. The van der Waals surface area contributed by atoms with Crippen LogP contribution in [0.25, 0.3) is 28.1 Å². The minimum atomic E-state index is -1.01. The van der Waals surface area contributed by atoms with Crippen LogP contribution in [-0.2, 0) is 23.1 Å². The Hall–Kier alpha value is -3.90. The molecule has 0 aliphatic heterocycles. The summed E-state index contributed by atoms with van der Waals surface area (Å²) in [5, 5.41) is 15.1. The average Bonchev–Trinajstić information content (AvgIpc) is 3.30. The number of amides is 1. The van der Waals surface area contributed by atoms with E-state index in [1.54, 1.807) is 6.08 Å². The Bertz CT molecular complexity index is 1520. The Morgan fingerprint density at radius 1 is 1.08 bits per heavy atom. The Morgan fingerprint density at radius 2 is 1.84 bits per heavy atom. The molecule has 0 atom stereocenters. The van der Waals surface area contributed by atoms with Crippen LogP contribution in [0.15, 0.2) is 72.9 Å². The van der Waals surface area contributed by atoms with Crippen LogP contribution >= 0.6 is 11.6 Å². The van der Waals surface area contributed by atoms with Crippen molar-refractivity contribution in [1.82, 2.24) is 9.78 Å². The normalized spacial score (nSPS) is 15.1. The minimum Gasteiger partial charge on any atom is -0.478 e. The third-order valence-electron chi connectivity index (χ3n) is 7.62. The Morgan fingerprint density at radius 3 is 2.58 bits per heavy atom. The van der Waals surface area contributed by atoms with Crippen LogP contribution in [0.4, 0.5) is 5.69 Å². The van der Waals surface area contributed by atoms with Crippen LogP contribution in [0.5, 0.6) is 0 Å². The van der Waals surface area contributed by atoms with Gasteiger partial charge in [-0.2, -0.15) is 5.10 Å². The third-order valence-corrected chi connectivity index (χ3v) is 7.97. The molecule has 0 saturated heterocycles. The molecule has 1 heterocycles. The average molecular weight is 528 g/mol. The molecule has 6 nitrogen and oxygen atoms in total. The van der Waals surface area contributed by atoms with Crippen molar-refractivity contribution in [1.29, 1.82) is 0 Å². The van der Waals surface area contributed by atoms with Crippen molar-refractivity contribution < 1.29 is 14.7 Å². The number of hydrogen-bond donors (Lipinski definition) is 1. The summed E-state index contributed by atoms with van der Waals surface area (Å²) in [6, 6.07) is 19.9. The molecular weight excluding hydrogens is 498 g/mol. The lowest BCUT2D eigenvalue weighted by Crippen LogP contribution is -2.51. The minimum absolute atomic E-state index is 0.408. The van der Waals surface area contributed by atoms with Crippen LogP contribution < -0.4 is 4.90 Å². The van der Waals surface area contributed by atoms with Gasteiger partial charge in [-0.15, -0.1) is 0 Å². The topological polar surface area (TPSA) is 75.4 Å². The van der Waals surface area contributed by atoms with Gasteiger partial charge in [0.25, 0.3) is 0 Å².